The van der Waals surface area contributed by atoms with Crippen molar-refractivity contribution in [1.29, 1.82) is 0 Å². The van der Waals surface area contributed by atoms with Gasteiger partial charge >= 0.3 is 5.97 Å². The number of hydrogen-bond donors (Lipinski definition) is 1. The summed E-state index contributed by atoms with van der Waals surface area (Å²) in [7, 11) is 2.67. The molecular weight excluding hydrogens is 172 g/mol. The Balaban J connectivity index is 4.44. The molecule has 0 aliphatic heterocycles. The van der Waals surface area contributed by atoms with Gasteiger partial charge in [-0.15, -0.1) is 0 Å². The van der Waals surface area contributed by atoms with E-state index >= 15 is 0 Å². The summed E-state index contributed by atoms with van der Waals surface area (Å²) in [6, 6.07) is 0. The van der Waals surface area contributed by atoms with Crippen LogP contribution in [-0.4, -0.2) is 31.6 Å². The Morgan fingerprint density at radius 3 is 2.31 bits per heavy atom. The lowest BCUT2D eigenvalue weighted by Crippen LogP contribution is -2.35. The summed E-state index contributed by atoms with van der Waals surface area (Å²) in [5.74, 6) is -0.980. The lowest BCUT2D eigenvalue weighted by molar-refractivity contribution is -0.173. The van der Waals surface area contributed by atoms with Gasteiger partial charge in [-0.1, -0.05) is 20.3 Å². The van der Waals surface area contributed by atoms with E-state index in [1.54, 1.807) is 0 Å². The molecular formula is C9H18O4. The third-order valence-electron chi connectivity index (χ3n) is 2.28. The third-order valence-corrected chi connectivity index (χ3v) is 2.28. The molecule has 0 aromatic carbocycles. The summed E-state index contributed by atoms with van der Waals surface area (Å²) < 4.78 is 9.29. The first-order chi connectivity index (χ1) is 6.08. The molecule has 0 fully saturated rings. The highest BCUT2D eigenvalue weighted by atomic mass is 16.6. The summed E-state index contributed by atoms with van der Waals surface area (Å²) in [5.41, 5.74) is 0. The molecule has 0 heterocycles. The van der Waals surface area contributed by atoms with Crippen LogP contribution in [0.4, 0.5) is 0 Å². The molecule has 0 aliphatic carbocycles. The minimum absolute atomic E-state index is 0.0439. The molecule has 3 atom stereocenters. The highest BCUT2D eigenvalue weighted by molar-refractivity contribution is 5.73. The van der Waals surface area contributed by atoms with Crippen LogP contribution in [-0.2, 0) is 14.3 Å². The molecule has 4 nitrogen and oxygen atoms in total. The molecule has 0 rings (SSSR count). The molecule has 0 bridgehead atoms. The second kappa shape index (κ2) is 5.94. The van der Waals surface area contributed by atoms with Gasteiger partial charge in [-0.3, -0.25) is 4.79 Å². The molecule has 3 unspecified atom stereocenters. The third kappa shape index (κ3) is 3.32. The molecule has 0 aliphatic rings. The van der Waals surface area contributed by atoms with E-state index in [9.17, 15) is 9.90 Å². The lowest BCUT2D eigenvalue weighted by atomic mass is 9.91. The predicted octanol–water partition coefficient (Wildman–Crippen LogP) is 0.786. The number of carbonyl (C=O) groups excluding carboxylic acids is 1. The molecule has 78 valence electrons. The lowest BCUT2D eigenvalue weighted by Gasteiger charge is -2.24. The van der Waals surface area contributed by atoms with Gasteiger partial charge in [0.15, 0.2) is 6.29 Å². The van der Waals surface area contributed by atoms with Gasteiger partial charge < -0.3 is 14.6 Å². The normalized spacial score (nSPS) is 17.6. The number of hydrogen-bond acceptors (Lipinski definition) is 4. The molecule has 0 aromatic heterocycles. The average molecular weight is 190 g/mol. The van der Waals surface area contributed by atoms with E-state index in [0.717, 1.165) is 6.42 Å². The van der Waals surface area contributed by atoms with Crippen LogP contribution in [0.5, 0.6) is 0 Å². The topological polar surface area (TPSA) is 55.8 Å². The zero-order valence-corrected chi connectivity index (χ0v) is 8.61. The first-order valence-corrected chi connectivity index (χ1v) is 4.37. The van der Waals surface area contributed by atoms with Crippen molar-refractivity contribution in [2.45, 2.75) is 26.6 Å². The SMILES string of the molecule is CCC(C)C(C(=O)OC)C(O)OC. The maximum Gasteiger partial charge on any atom is 0.314 e. The number of methoxy groups -OCH3 is 2. The van der Waals surface area contributed by atoms with E-state index in [0.29, 0.717) is 0 Å². The van der Waals surface area contributed by atoms with Gasteiger partial charge in [0.1, 0.15) is 5.92 Å². The molecule has 0 radical (unpaired) electrons. The maximum absolute atomic E-state index is 11.3. The van der Waals surface area contributed by atoms with Gasteiger partial charge in [0.2, 0.25) is 0 Å². The van der Waals surface area contributed by atoms with E-state index in [1.165, 1.54) is 14.2 Å². The van der Waals surface area contributed by atoms with E-state index in [-0.39, 0.29) is 5.92 Å². The first-order valence-electron chi connectivity index (χ1n) is 4.37. The molecule has 0 aromatic rings. The largest absolute Gasteiger partial charge is 0.469 e. The van der Waals surface area contributed by atoms with Crippen molar-refractivity contribution in [3.63, 3.8) is 0 Å². The highest BCUT2D eigenvalue weighted by Crippen LogP contribution is 2.20. The Morgan fingerprint density at radius 2 is 2.00 bits per heavy atom. The van der Waals surface area contributed by atoms with Crippen molar-refractivity contribution in [1.82, 2.24) is 0 Å². The Bertz CT molecular complexity index is 148. The van der Waals surface area contributed by atoms with Crippen LogP contribution in [0.3, 0.4) is 0 Å². The average Bonchev–Trinajstić information content (AvgIpc) is 2.16. The monoisotopic (exact) mass is 190 g/mol. The number of aliphatic hydroxyl groups is 1. The van der Waals surface area contributed by atoms with Crippen LogP contribution in [0.2, 0.25) is 0 Å². The van der Waals surface area contributed by atoms with Gasteiger partial charge in [-0.05, 0) is 5.92 Å². The van der Waals surface area contributed by atoms with E-state index < -0.39 is 18.2 Å². The molecule has 13 heavy (non-hydrogen) atoms. The fourth-order valence-electron chi connectivity index (χ4n) is 1.17. The van der Waals surface area contributed by atoms with Gasteiger partial charge in [-0.25, -0.2) is 0 Å². The number of ether oxygens (including phenoxy) is 2. The fourth-order valence-corrected chi connectivity index (χ4v) is 1.17. The maximum atomic E-state index is 11.3. The van der Waals surface area contributed by atoms with Crippen LogP contribution in [0, 0.1) is 11.8 Å². The van der Waals surface area contributed by atoms with Crippen molar-refractivity contribution in [3.05, 3.63) is 0 Å². The second-order valence-electron chi connectivity index (χ2n) is 3.06. The molecule has 0 saturated carbocycles. The van der Waals surface area contributed by atoms with Gasteiger partial charge in [0.25, 0.3) is 0 Å². The fraction of sp³-hybridized carbons (Fsp3) is 0.889. The Morgan fingerprint density at radius 1 is 1.46 bits per heavy atom. The smallest absolute Gasteiger partial charge is 0.314 e. The van der Waals surface area contributed by atoms with Crippen LogP contribution in [0.1, 0.15) is 20.3 Å². The van der Waals surface area contributed by atoms with Crippen LogP contribution in [0.25, 0.3) is 0 Å². The first kappa shape index (κ1) is 12.4. The van der Waals surface area contributed by atoms with E-state index in [1.807, 2.05) is 13.8 Å². The van der Waals surface area contributed by atoms with E-state index in [4.69, 9.17) is 4.74 Å². The summed E-state index contributed by atoms with van der Waals surface area (Å²) >= 11 is 0. The standard InChI is InChI=1S/C9H18O4/c1-5-6(2)7(8(10)12-3)9(11)13-4/h6-8,10H,5H2,1-4H3. The predicted molar refractivity (Wildman–Crippen MR) is 48.0 cm³/mol. The zero-order chi connectivity index (χ0) is 10.4. The van der Waals surface area contributed by atoms with Crippen molar-refractivity contribution in [3.8, 4) is 0 Å². The quantitative estimate of drug-likeness (QED) is 0.514. The van der Waals surface area contributed by atoms with Crippen molar-refractivity contribution >= 4 is 5.97 Å². The molecule has 0 spiro atoms. The molecule has 1 N–H and O–H groups in total. The van der Waals surface area contributed by atoms with Crippen molar-refractivity contribution < 1.29 is 19.4 Å². The van der Waals surface area contributed by atoms with Crippen LogP contribution >= 0.6 is 0 Å². The molecule has 0 saturated heterocycles. The second-order valence-corrected chi connectivity index (χ2v) is 3.06. The highest BCUT2D eigenvalue weighted by Gasteiger charge is 2.32. The van der Waals surface area contributed by atoms with Crippen LogP contribution < -0.4 is 0 Å². The number of aliphatic hydroxyl groups excluding tert-OH is 1. The number of esters is 1. The van der Waals surface area contributed by atoms with E-state index in [2.05, 4.69) is 4.74 Å². The summed E-state index contributed by atoms with van der Waals surface area (Å²) in [5, 5.41) is 9.40. The Kier molecular flexibility index (Phi) is 5.66. The molecule has 4 heteroatoms. The number of carbonyl (C=O) groups is 1. The summed E-state index contributed by atoms with van der Waals surface area (Å²) in [6.07, 6.45) is -0.289. The Labute approximate surface area is 78.8 Å². The number of rotatable bonds is 5. The van der Waals surface area contributed by atoms with Gasteiger partial charge in [0, 0.05) is 7.11 Å². The summed E-state index contributed by atoms with van der Waals surface area (Å²) in [4.78, 5) is 11.3. The Hall–Kier alpha value is -0.610. The van der Waals surface area contributed by atoms with Crippen LogP contribution in [0.15, 0.2) is 0 Å². The zero-order valence-electron chi connectivity index (χ0n) is 8.61. The van der Waals surface area contributed by atoms with Crippen molar-refractivity contribution in [2.24, 2.45) is 11.8 Å². The van der Waals surface area contributed by atoms with Gasteiger partial charge in [-0.2, -0.15) is 0 Å². The summed E-state index contributed by atoms with van der Waals surface area (Å²) in [6.45, 7) is 3.83. The minimum atomic E-state index is -1.08. The van der Waals surface area contributed by atoms with Crippen molar-refractivity contribution in [2.75, 3.05) is 14.2 Å². The molecule has 0 amide bonds. The minimum Gasteiger partial charge on any atom is -0.469 e. The van der Waals surface area contributed by atoms with Gasteiger partial charge in [0.05, 0.1) is 7.11 Å².